The van der Waals surface area contributed by atoms with Gasteiger partial charge in [-0.2, -0.15) is 0 Å². The molecule has 20 heavy (non-hydrogen) atoms. The third-order valence-electron chi connectivity index (χ3n) is 3.94. The Bertz CT molecular complexity index is 485. The van der Waals surface area contributed by atoms with E-state index in [9.17, 15) is 4.79 Å². The van der Waals surface area contributed by atoms with Crippen LogP contribution in [0.1, 0.15) is 25.3 Å². The Labute approximate surface area is 121 Å². The van der Waals surface area contributed by atoms with Crippen LogP contribution in [0.15, 0.2) is 18.2 Å². The number of amides is 1. The summed E-state index contributed by atoms with van der Waals surface area (Å²) >= 11 is 0. The molecular formula is C16H25N3O. The number of carbonyl (C=O) groups is 1. The summed E-state index contributed by atoms with van der Waals surface area (Å²) in [7, 11) is 4.02. The smallest absolute Gasteiger partial charge is 0.241 e. The number of nitrogens with zero attached hydrogens (tertiary/aromatic N) is 1. The van der Waals surface area contributed by atoms with E-state index in [0.717, 1.165) is 30.8 Å². The Kier molecular flexibility index (Phi) is 4.65. The lowest BCUT2D eigenvalue weighted by Gasteiger charge is -2.27. The zero-order valence-corrected chi connectivity index (χ0v) is 12.9. The van der Waals surface area contributed by atoms with E-state index >= 15 is 0 Å². The normalized spacial score (nSPS) is 22.4. The van der Waals surface area contributed by atoms with Crippen molar-refractivity contribution in [3.8, 4) is 0 Å². The second-order valence-electron chi connectivity index (χ2n) is 6.02. The Morgan fingerprint density at radius 1 is 1.40 bits per heavy atom. The van der Waals surface area contributed by atoms with Gasteiger partial charge in [-0.05, 0) is 49.9 Å². The number of nitrogens with one attached hydrogen (secondary N) is 2. The van der Waals surface area contributed by atoms with E-state index in [0.29, 0.717) is 5.92 Å². The lowest BCUT2D eigenvalue weighted by Crippen LogP contribution is -2.45. The van der Waals surface area contributed by atoms with Gasteiger partial charge in [0.15, 0.2) is 0 Å². The summed E-state index contributed by atoms with van der Waals surface area (Å²) in [6, 6.07) is 5.97. The average molecular weight is 275 g/mol. The van der Waals surface area contributed by atoms with E-state index in [2.05, 4.69) is 29.4 Å². The van der Waals surface area contributed by atoms with Gasteiger partial charge in [-0.1, -0.05) is 13.0 Å². The van der Waals surface area contributed by atoms with Gasteiger partial charge in [0.2, 0.25) is 5.91 Å². The Hall–Kier alpha value is -1.55. The Morgan fingerprint density at radius 3 is 2.80 bits per heavy atom. The van der Waals surface area contributed by atoms with Gasteiger partial charge in [0.05, 0.1) is 6.04 Å². The zero-order valence-electron chi connectivity index (χ0n) is 12.9. The van der Waals surface area contributed by atoms with Crippen molar-refractivity contribution in [1.29, 1.82) is 0 Å². The van der Waals surface area contributed by atoms with Crippen molar-refractivity contribution in [3.63, 3.8) is 0 Å². The molecule has 0 aromatic heterocycles. The second kappa shape index (κ2) is 6.27. The highest BCUT2D eigenvalue weighted by Gasteiger charge is 2.24. The molecule has 4 heteroatoms. The van der Waals surface area contributed by atoms with Crippen LogP contribution in [0.4, 0.5) is 11.4 Å². The number of hydrogen-bond acceptors (Lipinski definition) is 3. The van der Waals surface area contributed by atoms with Gasteiger partial charge in [0, 0.05) is 25.5 Å². The fourth-order valence-corrected chi connectivity index (χ4v) is 2.71. The first-order valence-electron chi connectivity index (χ1n) is 7.29. The minimum Gasteiger partial charge on any atom is -0.377 e. The third-order valence-corrected chi connectivity index (χ3v) is 3.94. The van der Waals surface area contributed by atoms with Crippen LogP contribution in [-0.2, 0) is 4.79 Å². The van der Waals surface area contributed by atoms with Crippen molar-refractivity contribution in [2.75, 3.05) is 30.9 Å². The van der Waals surface area contributed by atoms with Gasteiger partial charge in [-0.25, -0.2) is 0 Å². The summed E-state index contributed by atoms with van der Waals surface area (Å²) in [5, 5.41) is 6.32. The molecule has 2 unspecified atom stereocenters. The molecular weight excluding hydrogens is 250 g/mol. The predicted molar refractivity (Wildman–Crippen MR) is 84.3 cm³/mol. The molecule has 1 aliphatic rings. The number of anilines is 2. The summed E-state index contributed by atoms with van der Waals surface area (Å²) in [4.78, 5) is 14.4. The summed E-state index contributed by atoms with van der Waals surface area (Å²) in [6.07, 6.45) is 2.07. The number of aryl methyl sites for hydroxylation is 1. The first-order valence-corrected chi connectivity index (χ1v) is 7.29. The van der Waals surface area contributed by atoms with Crippen molar-refractivity contribution in [2.24, 2.45) is 5.92 Å². The molecule has 1 aliphatic heterocycles. The lowest BCUT2D eigenvalue weighted by atomic mass is 9.94. The molecule has 0 saturated carbocycles. The molecule has 110 valence electrons. The summed E-state index contributed by atoms with van der Waals surface area (Å²) < 4.78 is 0. The number of benzene rings is 1. The van der Waals surface area contributed by atoms with Crippen molar-refractivity contribution in [1.82, 2.24) is 5.32 Å². The van der Waals surface area contributed by atoms with Gasteiger partial charge in [-0.3, -0.25) is 4.79 Å². The molecule has 0 aliphatic carbocycles. The highest BCUT2D eigenvalue weighted by Crippen LogP contribution is 2.23. The maximum Gasteiger partial charge on any atom is 0.241 e. The first-order chi connectivity index (χ1) is 9.47. The Morgan fingerprint density at radius 2 is 2.15 bits per heavy atom. The van der Waals surface area contributed by atoms with Crippen LogP contribution in [-0.4, -0.2) is 32.6 Å². The van der Waals surface area contributed by atoms with E-state index < -0.39 is 0 Å². The predicted octanol–water partition coefficient (Wildman–Crippen LogP) is 2.39. The highest BCUT2D eigenvalue weighted by molar-refractivity contribution is 5.95. The second-order valence-corrected chi connectivity index (χ2v) is 6.02. The molecule has 1 fully saturated rings. The molecule has 1 heterocycles. The van der Waals surface area contributed by atoms with E-state index in [4.69, 9.17) is 0 Å². The number of piperidine rings is 1. The van der Waals surface area contributed by atoms with Crippen LogP contribution >= 0.6 is 0 Å². The van der Waals surface area contributed by atoms with E-state index in [-0.39, 0.29) is 11.9 Å². The van der Waals surface area contributed by atoms with Gasteiger partial charge in [0.1, 0.15) is 0 Å². The maximum atomic E-state index is 12.3. The fourth-order valence-electron chi connectivity index (χ4n) is 2.71. The van der Waals surface area contributed by atoms with Gasteiger partial charge in [-0.15, -0.1) is 0 Å². The van der Waals surface area contributed by atoms with E-state index in [1.165, 1.54) is 5.56 Å². The molecule has 1 aromatic rings. The van der Waals surface area contributed by atoms with Crippen LogP contribution < -0.4 is 15.5 Å². The Balaban J connectivity index is 2.06. The minimum absolute atomic E-state index is 0.0668. The van der Waals surface area contributed by atoms with Crippen LogP contribution in [0.5, 0.6) is 0 Å². The molecule has 1 amide bonds. The zero-order chi connectivity index (χ0) is 14.7. The average Bonchev–Trinajstić information content (AvgIpc) is 2.40. The summed E-state index contributed by atoms with van der Waals surface area (Å²) in [5.41, 5.74) is 3.20. The highest BCUT2D eigenvalue weighted by atomic mass is 16.2. The van der Waals surface area contributed by atoms with Crippen LogP contribution in [0.2, 0.25) is 0 Å². The summed E-state index contributed by atoms with van der Waals surface area (Å²) in [6.45, 7) is 5.21. The molecule has 2 N–H and O–H groups in total. The molecule has 4 nitrogen and oxygen atoms in total. The van der Waals surface area contributed by atoms with Crippen LogP contribution in [0, 0.1) is 12.8 Å². The molecule has 0 radical (unpaired) electrons. The summed E-state index contributed by atoms with van der Waals surface area (Å²) in [5.74, 6) is 0.687. The molecule has 0 spiro atoms. The standard InChI is InChI=1S/C16H25N3O/c1-11-7-8-17-14(9-11)16(20)18-13-6-5-12(2)15(10-13)19(3)4/h5-6,10-11,14,17H,7-9H2,1-4H3,(H,18,20). The fraction of sp³-hybridized carbons (Fsp3) is 0.562. The monoisotopic (exact) mass is 275 g/mol. The lowest BCUT2D eigenvalue weighted by molar-refractivity contribution is -0.119. The molecule has 2 atom stereocenters. The number of carbonyl (C=O) groups excluding carboxylic acids is 1. The van der Waals surface area contributed by atoms with Crippen molar-refractivity contribution < 1.29 is 4.79 Å². The minimum atomic E-state index is -0.0668. The third kappa shape index (κ3) is 3.51. The van der Waals surface area contributed by atoms with Crippen LogP contribution in [0.3, 0.4) is 0 Å². The number of rotatable bonds is 3. The maximum absolute atomic E-state index is 12.3. The first kappa shape index (κ1) is 14.9. The quantitative estimate of drug-likeness (QED) is 0.890. The topological polar surface area (TPSA) is 44.4 Å². The van der Waals surface area contributed by atoms with Gasteiger partial charge in [0.25, 0.3) is 0 Å². The molecule has 1 aromatic carbocycles. The van der Waals surface area contributed by atoms with Crippen molar-refractivity contribution in [3.05, 3.63) is 23.8 Å². The van der Waals surface area contributed by atoms with E-state index in [1.807, 2.05) is 32.3 Å². The largest absolute Gasteiger partial charge is 0.377 e. The van der Waals surface area contributed by atoms with Crippen LogP contribution in [0.25, 0.3) is 0 Å². The number of hydrogen-bond donors (Lipinski definition) is 2. The van der Waals surface area contributed by atoms with Gasteiger partial charge < -0.3 is 15.5 Å². The van der Waals surface area contributed by atoms with Gasteiger partial charge >= 0.3 is 0 Å². The van der Waals surface area contributed by atoms with Crippen molar-refractivity contribution >= 4 is 17.3 Å². The van der Waals surface area contributed by atoms with E-state index in [1.54, 1.807) is 0 Å². The van der Waals surface area contributed by atoms with Crippen molar-refractivity contribution in [2.45, 2.75) is 32.7 Å². The molecule has 2 rings (SSSR count). The molecule has 0 bridgehead atoms. The molecule has 1 saturated heterocycles. The SMILES string of the molecule is Cc1ccc(NC(=O)C2CC(C)CCN2)cc1N(C)C.